The van der Waals surface area contributed by atoms with Crippen molar-refractivity contribution in [3.05, 3.63) is 143 Å². The van der Waals surface area contributed by atoms with Crippen LogP contribution in [-0.4, -0.2) is 133 Å². The van der Waals surface area contributed by atoms with Gasteiger partial charge in [-0.3, -0.25) is 38.6 Å². The van der Waals surface area contributed by atoms with Gasteiger partial charge in [0.1, 0.15) is 12.1 Å². The van der Waals surface area contributed by atoms with Crippen molar-refractivity contribution in [2.75, 3.05) is 65.8 Å². The molecule has 1 fully saturated rings. The van der Waals surface area contributed by atoms with Crippen LogP contribution in [0.15, 0.2) is 109 Å². The summed E-state index contributed by atoms with van der Waals surface area (Å²) in [5, 5.41) is 0. The van der Waals surface area contributed by atoms with Crippen molar-refractivity contribution < 1.29 is 43.0 Å². The van der Waals surface area contributed by atoms with Crippen molar-refractivity contribution in [2.45, 2.75) is 24.9 Å². The highest BCUT2D eigenvalue weighted by Gasteiger charge is 2.45. The van der Waals surface area contributed by atoms with E-state index < -0.39 is 47.5 Å². The Bertz CT molecular complexity index is 1890. The van der Waals surface area contributed by atoms with Gasteiger partial charge in [-0.05, 0) is 35.4 Å². The Labute approximate surface area is 330 Å². The number of rotatable bonds is 8. The van der Waals surface area contributed by atoms with Gasteiger partial charge in [-0.25, -0.2) is 0 Å². The Hall–Kier alpha value is -6.02. The van der Waals surface area contributed by atoms with E-state index in [1.165, 1.54) is 0 Å². The minimum atomic E-state index is -1.12. The average Bonchev–Trinajstić information content (AvgIpc) is 3.64. The van der Waals surface area contributed by atoms with E-state index in [0.29, 0.717) is 0 Å². The van der Waals surface area contributed by atoms with Crippen molar-refractivity contribution in [1.82, 2.24) is 19.6 Å². The first-order valence-corrected chi connectivity index (χ1v) is 19.2. The van der Waals surface area contributed by atoms with E-state index in [0.717, 1.165) is 20.9 Å². The van der Waals surface area contributed by atoms with Crippen LogP contribution in [0.2, 0.25) is 0 Å². The summed E-state index contributed by atoms with van der Waals surface area (Å²) in [6.45, 7) is 1.49. The number of carbonyl (C=O) groups excluding carboxylic acids is 6. The highest BCUT2D eigenvalue weighted by atomic mass is 16.5. The molecule has 3 heterocycles. The number of amides is 6. The van der Waals surface area contributed by atoms with Crippen molar-refractivity contribution in [3.8, 4) is 0 Å². The molecule has 2 atom stereocenters. The molecule has 0 bridgehead atoms. The molecule has 0 spiro atoms. The predicted octanol–water partition coefficient (Wildman–Crippen LogP) is 3.52. The van der Waals surface area contributed by atoms with E-state index in [1.807, 2.05) is 60.7 Å². The molecule has 7 rings (SSSR count). The van der Waals surface area contributed by atoms with E-state index in [2.05, 4.69) is 0 Å². The van der Waals surface area contributed by atoms with E-state index in [9.17, 15) is 28.8 Å². The second-order valence-electron chi connectivity index (χ2n) is 14.0. The first-order chi connectivity index (χ1) is 27.8. The third-order valence-electron chi connectivity index (χ3n) is 10.4. The molecule has 1 saturated heterocycles. The number of benzene rings is 4. The Kier molecular flexibility index (Phi) is 12.6. The lowest BCUT2D eigenvalue weighted by Crippen LogP contribution is -2.53. The van der Waals surface area contributed by atoms with Gasteiger partial charge in [-0.1, -0.05) is 84.9 Å². The fourth-order valence-corrected chi connectivity index (χ4v) is 7.44. The highest BCUT2D eigenvalue weighted by molar-refractivity contribution is 6.23. The van der Waals surface area contributed by atoms with E-state index in [1.54, 1.807) is 58.3 Å². The Balaban J connectivity index is 1.08. The predicted molar refractivity (Wildman–Crippen MR) is 207 cm³/mol. The number of carbonyl (C=O) groups is 6. The van der Waals surface area contributed by atoms with Crippen LogP contribution in [0.4, 0.5) is 0 Å². The second kappa shape index (κ2) is 18.3. The third-order valence-corrected chi connectivity index (χ3v) is 10.4. The van der Waals surface area contributed by atoms with Crippen molar-refractivity contribution >= 4 is 35.4 Å². The van der Waals surface area contributed by atoms with Gasteiger partial charge in [0.15, 0.2) is 0 Å². The van der Waals surface area contributed by atoms with E-state index in [-0.39, 0.29) is 101 Å². The number of nitrogens with zero attached hydrogens (tertiary/aromatic N) is 4. The van der Waals surface area contributed by atoms with E-state index >= 15 is 0 Å². The lowest BCUT2D eigenvalue weighted by molar-refractivity contribution is -0.137. The Morgan fingerprint density at radius 1 is 0.421 bits per heavy atom. The molecule has 57 heavy (non-hydrogen) atoms. The Morgan fingerprint density at radius 2 is 0.702 bits per heavy atom. The summed E-state index contributed by atoms with van der Waals surface area (Å²) in [5.41, 5.74) is 2.59. The Morgan fingerprint density at radius 3 is 1.02 bits per heavy atom. The molecule has 3 aliphatic rings. The highest BCUT2D eigenvalue weighted by Crippen LogP contribution is 2.28. The smallest absolute Gasteiger partial charge is 0.262 e. The first kappa shape index (κ1) is 39.2. The van der Waals surface area contributed by atoms with Crippen LogP contribution in [0, 0.1) is 0 Å². The normalized spacial score (nSPS) is 18.1. The molecule has 13 heteroatoms. The second-order valence-corrected chi connectivity index (χ2v) is 14.0. The van der Waals surface area contributed by atoms with Crippen LogP contribution in [0.25, 0.3) is 0 Å². The van der Waals surface area contributed by atoms with Gasteiger partial charge in [0.05, 0.1) is 61.9 Å². The van der Waals surface area contributed by atoms with Crippen LogP contribution in [0.3, 0.4) is 0 Å². The fraction of sp³-hybridized carbons (Fsp3) is 0.318. The number of fused-ring (bicyclic) bond motifs is 2. The van der Waals surface area contributed by atoms with Crippen molar-refractivity contribution in [1.29, 1.82) is 0 Å². The molecular weight excluding hydrogens is 729 g/mol. The SMILES string of the molecule is O=C([C@@H](Cc1ccccc1)N1C(=O)c2ccccc2C1=O)N1CCOCCOCCN(C(=O)[C@H](Cc2ccccc2)N2C(=O)c3ccccc3C2=O)CCOCC1. The molecule has 294 valence electrons. The summed E-state index contributed by atoms with van der Waals surface area (Å²) in [7, 11) is 0. The molecule has 0 radical (unpaired) electrons. The monoisotopic (exact) mass is 772 g/mol. The molecule has 13 nitrogen and oxygen atoms in total. The van der Waals surface area contributed by atoms with Gasteiger partial charge in [-0.2, -0.15) is 0 Å². The zero-order chi connectivity index (χ0) is 39.7. The third kappa shape index (κ3) is 8.70. The van der Waals surface area contributed by atoms with Crippen LogP contribution >= 0.6 is 0 Å². The summed E-state index contributed by atoms with van der Waals surface area (Å²) in [5.74, 6) is -2.95. The number of imide groups is 2. The summed E-state index contributed by atoms with van der Waals surface area (Å²) in [6, 6.07) is 29.3. The molecule has 3 aliphatic heterocycles. The number of ether oxygens (including phenoxy) is 3. The summed E-state index contributed by atoms with van der Waals surface area (Å²) < 4.78 is 17.7. The van der Waals surface area contributed by atoms with Crippen molar-refractivity contribution in [2.24, 2.45) is 0 Å². The zero-order valence-corrected chi connectivity index (χ0v) is 31.5. The van der Waals surface area contributed by atoms with Crippen LogP contribution in [-0.2, 0) is 36.6 Å². The van der Waals surface area contributed by atoms with Crippen LogP contribution in [0.5, 0.6) is 0 Å². The lowest BCUT2D eigenvalue weighted by Gasteiger charge is -2.32. The van der Waals surface area contributed by atoms with Gasteiger partial charge in [-0.15, -0.1) is 0 Å². The topological polar surface area (TPSA) is 143 Å². The zero-order valence-electron chi connectivity index (χ0n) is 31.5. The molecule has 4 aromatic carbocycles. The van der Waals surface area contributed by atoms with Gasteiger partial charge in [0, 0.05) is 39.0 Å². The van der Waals surface area contributed by atoms with E-state index in [4.69, 9.17) is 14.2 Å². The quantitative estimate of drug-likeness (QED) is 0.246. The number of hydrogen-bond donors (Lipinski definition) is 0. The molecular formula is C44H44N4O9. The largest absolute Gasteiger partial charge is 0.378 e. The van der Waals surface area contributed by atoms with Crippen molar-refractivity contribution in [3.63, 3.8) is 0 Å². The molecule has 0 aliphatic carbocycles. The molecule has 0 aromatic heterocycles. The van der Waals surface area contributed by atoms with Gasteiger partial charge < -0.3 is 24.0 Å². The maximum Gasteiger partial charge on any atom is 0.262 e. The first-order valence-electron chi connectivity index (χ1n) is 19.2. The summed E-state index contributed by atoms with van der Waals surface area (Å²) in [4.78, 5) is 88.8. The summed E-state index contributed by atoms with van der Waals surface area (Å²) >= 11 is 0. The summed E-state index contributed by atoms with van der Waals surface area (Å²) in [6.07, 6.45) is 0.233. The van der Waals surface area contributed by atoms with Gasteiger partial charge in [0.2, 0.25) is 11.8 Å². The standard InChI is InChI=1S/C44H44N4O9/c49-39-33-15-7-8-16-34(33)40(50)47(39)37(29-31-11-3-1-4-12-31)43(53)45-19-23-55-24-20-46(22-26-57-28-27-56-25-21-45)44(54)38(30-32-13-5-2-6-14-32)48-41(51)35-17-9-10-18-36(35)42(48)52/h1-18,37-38H,19-30H2/t37-,38+. The molecule has 0 saturated carbocycles. The maximum absolute atomic E-state index is 14.5. The van der Waals surface area contributed by atoms with Gasteiger partial charge in [0.25, 0.3) is 23.6 Å². The van der Waals surface area contributed by atoms with Crippen LogP contribution < -0.4 is 0 Å². The van der Waals surface area contributed by atoms with Gasteiger partial charge >= 0.3 is 0 Å². The van der Waals surface area contributed by atoms with Crippen LogP contribution in [0.1, 0.15) is 52.6 Å². The average molecular weight is 773 g/mol. The molecule has 0 N–H and O–H groups in total. The lowest BCUT2D eigenvalue weighted by atomic mass is 10.0. The maximum atomic E-state index is 14.5. The molecule has 4 aromatic rings. The molecule has 6 amide bonds. The number of hydrogen-bond acceptors (Lipinski definition) is 9. The minimum Gasteiger partial charge on any atom is -0.378 e. The minimum absolute atomic E-state index is 0.0797. The molecule has 0 unspecified atom stereocenters. The fourth-order valence-electron chi connectivity index (χ4n) is 7.44.